The lowest BCUT2D eigenvalue weighted by atomic mass is 9.98. The first kappa shape index (κ1) is 25.0. The van der Waals surface area contributed by atoms with Crippen LogP contribution in [0.4, 0.5) is 5.69 Å². The Bertz CT molecular complexity index is 1350. The maximum Gasteiger partial charge on any atom is 0.249 e. The molecule has 2 aromatic carbocycles. The van der Waals surface area contributed by atoms with Crippen LogP contribution in [0.2, 0.25) is 0 Å². The van der Waals surface area contributed by atoms with Gasteiger partial charge in [0.1, 0.15) is 18.1 Å². The zero-order valence-corrected chi connectivity index (χ0v) is 21.2. The number of aryl methyl sites for hydroxylation is 1. The maximum atomic E-state index is 14.1. The lowest BCUT2D eigenvalue weighted by Gasteiger charge is -2.35. The fraction of sp³-hybridized carbons (Fsp3) is 0.321. The number of nitrogens with zero attached hydrogens (tertiary/aromatic N) is 5. The molecule has 8 nitrogen and oxygen atoms in total. The first-order valence-corrected chi connectivity index (χ1v) is 12.2. The number of nitrogens with one attached hydrogen (secondary N) is 1. The van der Waals surface area contributed by atoms with E-state index in [1.165, 1.54) is 0 Å². The Labute approximate surface area is 211 Å². The number of hydrogen-bond acceptors (Lipinski definition) is 5. The quantitative estimate of drug-likeness (QED) is 0.378. The van der Waals surface area contributed by atoms with Crippen molar-refractivity contribution in [3.8, 4) is 0 Å². The normalized spacial score (nSPS) is 12.3. The van der Waals surface area contributed by atoms with Crippen LogP contribution in [0.3, 0.4) is 0 Å². The minimum absolute atomic E-state index is 0.0649. The molecule has 0 bridgehead atoms. The zero-order chi connectivity index (χ0) is 25.7. The van der Waals surface area contributed by atoms with Crippen LogP contribution in [0.15, 0.2) is 73.1 Å². The van der Waals surface area contributed by atoms with E-state index in [-0.39, 0.29) is 18.4 Å². The van der Waals surface area contributed by atoms with Crippen molar-refractivity contribution in [2.45, 2.75) is 58.7 Å². The summed E-state index contributed by atoms with van der Waals surface area (Å²) in [5.41, 5.74) is 3.36. The molecule has 4 aromatic rings. The number of carbonyl (C=O) groups excluding carboxylic acids is 2. The summed E-state index contributed by atoms with van der Waals surface area (Å²) in [5.74, 6) is -0.520. The van der Waals surface area contributed by atoms with Crippen molar-refractivity contribution in [3.63, 3.8) is 0 Å². The standard InChI is InChI=1S/C28H32N6O2/c1-5-20-11-7-9-13-23(20)34(25(35)19-33-24-14-10-8-12-22(24)31-32-33)26(21-15-17-29-18-16-21)27(36)30-28(3,4)6-2/h7-18,26H,5-6,19H2,1-4H3,(H,30,36)/t26-/m0/s1. The Kier molecular flexibility index (Phi) is 7.43. The van der Waals surface area contributed by atoms with Crippen molar-refractivity contribution in [1.29, 1.82) is 0 Å². The molecule has 1 N–H and O–H groups in total. The number of fused-ring (bicyclic) bond motifs is 1. The molecular weight excluding hydrogens is 452 g/mol. The number of pyridine rings is 1. The van der Waals surface area contributed by atoms with Gasteiger partial charge in [-0.2, -0.15) is 0 Å². The summed E-state index contributed by atoms with van der Waals surface area (Å²) in [6.45, 7) is 7.94. The van der Waals surface area contributed by atoms with Gasteiger partial charge in [-0.1, -0.05) is 49.4 Å². The van der Waals surface area contributed by atoms with E-state index < -0.39 is 11.6 Å². The molecule has 0 spiro atoms. The zero-order valence-electron chi connectivity index (χ0n) is 21.2. The van der Waals surface area contributed by atoms with Crippen LogP contribution >= 0.6 is 0 Å². The van der Waals surface area contributed by atoms with E-state index >= 15 is 0 Å². The van der Waals surface area contributed by atoms with Crippen molar-refractivity contribution < 1.29 is 9.59 Å². The largest absolute Gasteiger partial charge is 0.349 e. The van der Waals surface area contributed by atoms with Crippen LogP contribution < -0.4 is 10.2 Å². The third-order valence-electron chi connectivity index (χ3n) is 6.48. The van der Waals surface area contributed by atoms with Gasteiger partial charge in [0, 0.05) is 23.6 Å². The Morgan fingerprint density at radius 1 is 1.00 bits per heavy atom. The summed E-state index contributed by atoms with van der Waals surface area (Å²) < 4.78 is 1.58. The van der Waals surface area contributed by atoms with E-state index in [9.17, 15) is 9.59 Å². The van der Waals surface area contributed by atoms with Crippen LogP contribution in [-0.4, -0.2) is 37.3 Å². The van der Waals surface area contributed by atoms with Crippen LogP contribution in [0, 0.1) is 0 Å². The van der Waals surface area contributed by atoms with E-state index in [1.807, 2.05) is 76.2 Å². The fourth-order valence-electron chi connectivity index (χ4n) is 4.15. The van der Waals surface area contributed by atoms with Gasteiger partial charge in [0.15, 0.2) is 0 Å². The van der Waals surface area contributed by atoms with Gasteiger partial charge in [0.25, 0.3) is 0 Å². The van der Waals surface area contributed by atoms with Crippen molar-refractivity contribution >= 4 is 28.5 Å². The topological polar surface area (TPSA) is 93.0 Å². The highest BCUT2D eigenvalue weighted by molar-refractivity contribution is 6.02. The second-order valence-corrected chi connectivity index (χ2v) is 9.39. The Morgan fingerprint density at radius 3 is 2.42 bits per heavy atom. The summed E-state index contributed by atoms with van der Waals surface area (Å²) >= 11 is 0. The molecule has 0 aliphatic carbocycles. The van der Waals surface area contributed by atoms with E-state index in [1.54, 1.807) is 34.1 Å². The van der Waals surface area contributed by atoms with Crippen LogP contribution in [0.1, 0.15) is 51.3 Å². The first-order valence-electron chi connectivity index (χ1n) is 12.2. The Hall–Kier alpha value is -4.07. The molecule has 0 unspecified atom stereocenters. The molecule has 4 rings (SSSR count). The van der Waals surface area contributed by atoms with Crippen molar-refractivity contribution in [3.05, 3.63) is 84.2 Å². The summed E-state index contributed by atoms with van der Waals surface area (Å²) in [5, 5.41) is 11.5. The predicted octanol–water partition coefficient (Wildman–Crippen LogP) is 4.47. The van der Waals surface area contributed by atoms with Gasteiger partial charge in [-0.05, 0) is 68.1 Å². The van der Waals surface area contributed by atoms with Gasteiger partial charge in [-0.15, -0.1) is 5.10 Å². The summed E-state index contributed by atoms with van der Waals surface area (Å²) in [4.78, 5) is 33.7. The highest BCUT2D eigenvalue weighted by Crippen LogP contribution is 2.32. The van der Waals surface area contributed by atoms with Gasteiger partial charge in [-0.25, -0.2) is 4.68 Å². The second kappa shape index (κ2) is 10.7. The van der Waals surface area contributed by atoms with E-state index in [2.05, 4.69) is 20.6 Å². The molecular formula is C28H32N6O2. The SMILES string of the molecule is CCc1ccccc1N(C(=O)Cn1nnc2ccccc21)[C@H](C(=O)NC(C)(C)CC)c1ccncc1. The monoisotopic (exact) mass is 484 g/mol. The van der Waals surface area contributed by atoms with E-state index in [4.69, 9.17) is 0 Å². The van der Waals surface area contributed by atoms with Crippen molar-refractivity contribution in [1.82, 2.24) is 25.3 Å². The van der Waals surface area contributed by atoms with Crippen LogP contribution in [0.25, 0.3) is 11.0 Å². The predicted molar refractivity (Wildman–Crippen MR) is 140 cm³/mol. The van der Waals surface area contributed by atoms with E-state index in [0.29, 0.717) is 23.2 Å². The van der Waals surface area contributed by atoms with E-state index in [0.717, 1.165) is 17.5 Å². The molecule has 2 aromatic heterocycles. The van der Waals surface area contributed by atoms with Gasteiger partial charge in [-0.3, -0.25) is 19.5 Å². The third kappa shape index (κ3) is 5.27. The average molecular weight is 485 g/mol. The summed E-state index contributed by atoms with van der Waals surface area (Å²) in [6, 6.07) is 17.9. The molecule has 2 amide bonds. The molecule has 1 atom stereocenters. The van der Waals surface area contributed by atoms with Gasteiger partial charge in [0.05, 0.1) is 5.52 Å². The van der Waals surface area contributed by atoms with Gasteiger partial charge >= 0.3 is 0 Å². The summed E-state index contributed by atoms with van der Waals surface area (Å²) in [7, 11) is 0. The number of rotatable bonds is 9. The first-order chi connectivity index (χ1) is 17.3. The number of hydrogen-bond donors (Lipinski definition) is 1. The van der Waals surface area contributed by atoms with Gasteiger partial charge in [0.2, 0.25) is 11.8 Å². The molecule has 0 fully saturated rings. The lowest BCUT2D eigenvalue weighted by molar-refractivity contribution is -0.128. The van der Waals surface area contributed by atoms with Crippen molar-refractivity contribution in [2.24, 2.45) is 0 Å². The number of para-hydroxylation sites is 2. The fourth-order valence-corrected chi connectivity index (χ4v) is 4.15. The highest BCUT2D eigenvalue weighted by Gasteiger charge is 2.36. The Balaban J connectivity index is 1.84. The molecule has 186 valence electrons. The molecule has 8 heteroatoms. The molecule has 0 radical (unpaired) electrons. The minimum Gasteiger partial charge on any atom is -0.349 e. The second-order valence-electron chi connectivity index (χ2n) is 9.39. The Morgan fingerprint density at radius 2 is 1.69 bits per heavy atom. The maximum absolute atomic E-state index is 14.1. The molecule has 36 heavy (non-hydrogen) atoms. The molecule has 0 saturated heterocycles. The number of aromatic nitrogens is 4. The lowest BCUT2D eigenvalue weighted by Crippen LogP contribution is -2.51. The number of anilines is 1. The highest BCUT2D eigenvalue weighted by atomic mass is 16.2. The van der Waals surface area contributed by atoms with Gasteiger partial charge < -0.3 is 5.32 Å². The smallest absolute Gasteiger partial charge is 0.249 e. The third-order valence-corrected chi connectivity index (χ3v) is 6.48. The van der Waals surface area contributed by atoms with Crippen LogP contribution in [0.5, 0.6) is 0 Å². The molecule has 0 aliphatic heterocycles. The van der Waals surface area contributed by atoms with Crippen molar-refractivity contribution in [2.75, 3.05) is 4.90 Å². The minimum atomic E-state index is -0.895. The molecule has 0 aliphatic rings. The average Bonchev–Trinajstić information content (AvgIpc) is 3.30. The number of amides is 2. The summed E-state index contributed by atoms with van der Waals surface area (Å²) in [6.07, 6.45) is 4.73. The number of benzene rings is 2. The molecule has 2 heterocycles. The van der Waals surface area contributed by atoms with Crippen LogP contribution in [-0.2, 0) is 22.6 Å². The number of carbonyl (C=O) groups is 2. The molecule has 0 saturated carbocycles.